The zero-order chi connectivity index (χ0) is 40.5. The molecule has 58 heavy (non-hydrogen) atoms. The Hall–Kier alpha value is -5.45. The molecular weight excluding hydrogens is 733 g/mol. The lowest BCUT2D eigenvalue weighted by atomic mass is 9.57. The van der Waals surface area contributed by atoms with Crippen LogP contribution in [0.2, 0.25) is 0 Å². The summed E-state index contributed by atoms with van der Waals surface area (Å²) in [6.45, 7) is 2.11. The Morgan fingerprint density at radius 3 is 2.36 bits per heavy atom. The van der Waals surface area contributed by atoms with Crippen LogP contribution in [-0.4, -0.2) is 49.1 Å². The molecule has 0 amide bonds. The molecule has 4 aliphatic rings. The van der Waals surface area contributed by atoms with Crippen molar-refractivity contribution >= 4 is 5.78 Å². The molecule has 1 aromatic heterocycles. The highest BCUT2D eigenvalue weighted by molar-refractivity contribution is 5.82. The molecule has 1 heterocycles. The average Bonchev–Trinajstić information content (AvgIpc) is 3.55. The van der Waals surface area contributed by atoms with Gasteiger partial charge in [-0.25, -0.2) is 0 Å². The third kappa shape index (κ3) is 7.87. The van der Waals surface area contributed by atoms with E-state index >= 15 is 0 Å². The number of aliphatic hydroxyl groups excluding tert-OH is 1. The number of Topliss-reactive ketones (excluding diaryl/α,β-unsaturated/α-hetero) is 1. The standard InChI is InChI=1S/C48H54N2O8/c1-2-34-17-30(24-50-34)16-31-21-37(39(52)13-11-28-12-14-40(53)42(19-28)58-26-49)46(55)45-36(31)22-33-20-32(15-27-7-4-3-5-8-27)43(45)38-23-41(54)47(56)48(44(33)38)57-25-29-9-6-10-35(51)18-29/h3-10,12,14,17-19,23-24,31-33,36-37,43,45-46,50-51,53-56H,2,11,13,15-16,20-22,25-26,49H2,1H3. The van der Waals surface area contributed by atoms with E-state index in [1.807, 2.05) is 24.3 Å². The van der Waals surface area contributed by atoms with Gasteiger partial charge in [-0.05, 0) is 145 Å². The molecule has 10 nitrogen and oxygen atoms in total. The number of carbonyl (C=O) groups excluding carboxylic acids is 1. The average molecular weight is 787 g/mol. The van der Waals surface area contributed by atoms with E-state index in [2.05, 4.69) is 36.3 Å². The third-order valence-electron chi connectivity index (χ3n) is 13.3. The molecule has 0 aliphatic heterocycles. The molecule has 0 radical (unpaired) electrons. The minimum atomic E-state index is -0.942. The fourth-order valence-corrected chi connectivity index (χ4v) is 10.7. The molecule has 5 aromatic rings. The van der Waals surface area contributed by atoms with Crippen molar-refractivity contribution in [3.05, 3.63) is 130 Å². The molecular formula is C48H54N2O8. The number of aromatic hydroxyl groups is 4. The summed E-state index contributed by atoms with van der Waals surface area (Å²) in [6, 6.07) is 26.1. The smallest absolute Gasteiger partial charge is 0.200 e. The number of phenols is 4. The van der Waals surface area contributed by atoms with Gasteiger partial charge in [0, 0.05) is 29.8 Å². The fraction of sp³-hybridized carbons (Fsp3) is 0.396. The van der Waals surface area contributed by atoms with Crippen molar-refractivity contribution in [3.63, 3.8) is 0 Å². The molecule has 8 N–H and O–H groups in total. The zero-order valence-corrected chi connectivity index (χ0v) is 32.9. The molecule has 304 valence electrons. The number of rotatable bonds is 14. The summed E-state index contributed by atoms with van der Waals surface area (Å²) >= 11 is 0. The first-order chi connectivity index (χ1) is 28.1. The van der Waals surface area contributed by atoms with Crippen molar-refractivity contribution in [2.45, 2.75) is 82.8 Å². The second kappa shape index (κ2) is 16.8. The number of fused-ring (bicyclic) bond motifs is 1. The van der Waals surface area contributed by atoms with Gasteiger partial charge < -0.3 is 40.0 Å². The Morgan fingerprint density at radius 1 is 0.810 bits per heavy atom. The Bertz CT molecular complexity index is 2240. The van der Waals surface area contributed by atoms with E-state index in [1.54, 1.807) is 42.5 Å². The van der Waals surface area contributed by atoms with Crippen molar-refractivity contribution < 1.29 is 39.8 Å². The van der Waals surface area contributed by atoms with Gasteiger partial charge in [0.05, 0.1) is 6.10 Å². The fourth-order valence-electron chi connectivity index (χ4n) is 10.7. The van der Waals surface area contributed by atoms with Crippen LogP contribution in [0, 0.1) is 29.6 Å². The lowest BCUT2D eigenvalue weighted by molar-refractivity contribution is -0.135. The number of carbonyl (C=O) groups is 1. The highest BCUT2D eigenvalue weighted by atomic mass is 16.5. The van der Waals surface area contributed by atoms with Crippen LogP contribution in [0.3, 0.4) is 0 Å². The van der Waals surface area contributed by atoms with Crippen molar-refractivity contribution in [1.29, 1.82) is 0 Å². The van der Waals surface area contributed by atoms with E-state index in [1.165, 1.54) is 11.1 Å². The van der Waals surface area contributed by atoms with Gasteiger partial charge in [-0.2, -0.15) is 0 Å². The van der Waals surface area contributed by atoms with Crippen LogP contribution in [0.1, 0.15) is 83.5 Å². The SMILES string of the molecule is CCc1cc(CC2CC(C(=O)CCc3ccc(O)c(OCN)c3)C(O)C3C2CC2CC(Cc4ccccc4)C3c3cc(O)c(O)c(OCc4cccc(O)c4)c32)c[nH]1. The number of hydrogen-bond acceptors (Lipinski definition) is 9. The largest absolute Gasteiger partial charge is 0.508 e. The quantitative estimate of drug-likeness (QED) is 0.0437. The van der Waals surface area contributed by atoms with E-state index in [-0.39, 0.29) is 95.5 Å². The van der Waals surface area contributed by atoms with Gasteiger partial charge >= 0.3 is 0 Å². The maximum absolute atomic E-state index is 14.5. The predicted octanol–water partition coefficient (Wildman–Crippen LogP) is 7.78. The third-order valence-corrected chi connectivity index (χ3v) is 13.3. The maximum atomic E-state index is 14.5. The summed E-state index contributed by atoms with van der Waals surface area (Å²) < 4.78 is 11.8. The number of hydrogen-bond donors (Lipinski definition) is 7. The molecule has 0 spiro atoms. The lowest BCUT2D eigenvalue weighted by Gasteiger charge is -2.48. The van der Waals surface area contributed by atoms with E-state index < -0.39 is 12.0 Å². The number of benzene rings is 4. The molecule has 4 aromatic carbocycles. The number of ether oxygens (including phenoxy) is 2. The predicted molar refractivity (Wildman–Crippen MR) is 220 cm³/mol. The topological polar surface area (TPSA) is 178 Å². The van der Waals surface area contributed by atoms with Gasteiger partial charge in [-0.1, -0.05) is 55.5 Å². The summed E-state index contributed by atoms with van der Waals surface area (Å²) in [6.07, 6.45) is 6.22. The van der Waals surface area contributed by atoms with Crippen molar-refractivity contribution in [3.8, 4) is 34.5 Å². The highest BCUT2D eigenvalue weighted by Crippen LogP contribution is 2.64. The molecule has 9 rings (SSSR count). The number of H-pyrrole nitrogens is 1. The van der Waals surface area contributed by atoms with Crippen molar-refractivity contribution in [1.82, 2.24) is 4.98 Å². The minimum Gasteiger partial charge on any atom is -0.508 e. The molecule has 2 fully saturated rings. The van der Waals surface area contributed by atoms with Crippen LogP contribution >= 0.6 is 0 Å². The van der Waals surface area contributed by atoms with Crippen LogP contribution in [-0.2, 0) is 37.1 Å². The van der Waals surface area contributed by atoms with Crippen molar-refractivity contribution in [2.75, 3.05) is 6.73 Å². The Labute approximate surface area is 339 Å². The molecule has 4 aliphatic carbocycles. The minimum absolute atomic E-state index is 0.00375. The number of aryl methyl sites for hydroxylation is 2. The van der Waals surface area contributed by atoms with E-state index in [0.717, 1.165) is 60.1 Å². The molecule has 8 atom stereocenters. The summed E-state index contributed by atoms with van der Waals surface area (Å²) in [5.74, 6) is -1.00. The normalized spacial score (nSPS) is 24.7. The summed E-state index contributed by atoms with van der Waals surface area (Å²) in [7, 11) is 0. The second-order valence-electron chi connectivity index (χ2n) is 16.7. The van der Waals surface area contributed by atoms with Gasteiger partial charge in [0.1, 0.15) is 24.9 Å². The van der Waals surface area contributed by atoms with Crippen molar-refractivity contribution in [2.24, 2.45) is 35.3 Å². The van der Waals surface area contributed by atoms with Gasteiger partial charge in [0.25, 0.3) is 0 Å². The van der Waals surface area contributed by atoms with Crippen LogP contribution < -0.4 is 15.2 Å². The van der Waals surface area contributed by atoms with Crippen LogP contribution in [0.15, 0.2) is 91.1 Å². The maximum Gasteiger partial charge on any atom is 0.200 e. The molecule has 8 unspecified atom stereocenters. The van der Waals surface area contributed by atoms with Gasteiger partial charge in [-0.15, -0.1) is 0 Å². The van der Waals surface area contributed by atoms with E-state index in [9.17, 15) is 30.3 Å². The number of aliphatic hydroxyl groups is 1. The number of aromatic amines is 1. The van der Waals surface area contributed by atoms with Crippen LogP contribution in [0.5, 0.6) is 34.5 Å². The van der Waals surface area contributed by atoms with Gasteiger partial charge in [0.2, 0.25) is 5.75 Å². The Morgan fingerprint density at radius 2 is 1.60 bits per heavy atom. The number of ketones is 1. The molecule has 2 saturated carbocycles. The van der Waals surface area contributed by atoms with E-state index in [4.69, 9.17) is 15.2 Å². The van der Waals surface area contributed by atoms with Gasteiger partial charge in [0.15, 0.2) is 23.0 Å². The summed E-state index contributed by atoms with van der Waals surface area (Å²) in [5, 5.41) is 56.0. The number of phenolic OH excluding ortho intramolecular Hbond substituents is 4. The zero-order valence-electron chi connectivity index (χ0n) is 32.9. The summed E-state index contributed by atoms with van der Waals surface area (Å²) in [4.78, 5) is 17.9. The van der Waals surface area contributed by atoms with E-state index in [0.29, 0.717) is 12.8 Å². The van der Waals surface area contributed by atoms with Crippen LogP contribution in [0.25, 0.3) is 0 Å². The monoisotopic (exact) mass is 786 g/mol. The molecule has 10 heteroatoms. The Balaban J connectivity index is 1.20. The van der Waals surface area contributed by atoms with Crippen LogP contribution in [0.4, 0.5) is 0 Å². The summed E-state index contributed by atoms with van der Waals surface area (Å²) in [5.41, 5.74) is 12.4. The Kier molecular flexibility index (Phi) is 11.4. The molecule has 2 bridgehead atoms. The first-order valence-electron chi connectivity index (χ1n) is 20.7. The number of nitrogens with two attached hydrogens (primary N) is 1. The highest BCUT2D eigenvalue weighted by Gasteiger charge is 2.56. The number of nitrogens with one attached hydrogen (secondary N) is 1. The number of aromatic nitrogens is 1. The molecule has 0 saturated heterocycles. The lowest BCUT2D eigenvalue weighted by Crippen LogP contribution is -2.49. The second-order valence-corrected chi connectivity index (χ2v) is 16.7. The first-order valence-corrected chi connectivity index (χ1v) is 20.7. The van der Waals surface area contributed by atoms with Gasteiger partial charge in [-0.3, -0.25) is 10.5 Å². The first kappa shape index (κ1) is 39.4.